The van der Waals surface area contributed by atoms with Crippen LogP contribution in [0.4, 0.5) is 0 Å². The van der Waals surface area contributed by atoms with Crippen molar-refractivity contribution in [1.29, 1.82) is 0 Å². The number of aromatic nitrogens is 4. The van der Waals surface area contributed by atoms with Gasteiger partial charge in [0.15, 0.2) is 10.8 Å². The van der Waals surface area contributed by atoms with Gasteiger partial charge in [-0.2, -0.15) is 0 Å². The van der Waals surface area contributed by atoms with Crippen LogP contribution in [0.1, 0.15) is 0 Å². The number of imidazole rings is 1. The van der Waals surface area contributed by atoms with Crippen molar-refractivity contribution in [3.63, 3.8) is 0 Å². The summed E-state index contributed by atoms with van der Waals surface area (Å²) in [6.07, 6.45) is 1.36. The molecule has 130 valence electrons. The lowest BCUT2D eigenvalue weighted by atomic mass is 10.2. The standard InChI is InChI=1S/C17H7Cl5N4/c18-8-1-3-10(11(20)5-8)16-25-14-15(22)23-7-24-17(14)26(16)13-4-2-9(19)6-12(13)21/h1-7H. The quantitative estimate of drug-likeness (QED) is 0.321. The molecule has 0 saturated carbocycles. The van der Waals surface area contributed by atoms with Crippen LogP contribution in [0.25, 0.3) is 28.2 Å². The Balaban J connectivity index is 2.11. The molecule has 26 heavy (non-hydrogen) atoms. The third-order valence-corrected chi connectivity index (χ3v) is 5.08. The minimum Gasteiger partial charge on any atom is -0.275 e. The molecular weight excluding hydrogens is 437 g/mol. The van der Waals surface area contributed by atoms with Crippen molar-refractivity contribution in [3.05, 3.63) is 68.0 Å². The van der Waals surface area contributed by atoms with Crippen LogP contribution in [-0.2, 0) is 0 Å². The third-order valence-electron chi connectivity index (χ3n) is 3.72. The molecule has 4 aromatic rings. The van der Waals surface area contributed by atoms with E-state index in [0.717, 1.165) is 0 Å². The largest absolute Gasteiger partial charge is 0.275 e. The molecule has 0 spiro atoms. The lowest BCUT2D eigenvalue weighted by Crippen LogP contribution is -2.00. The van der Waals surface area contributed by atoms with Crippen molar-refractivity contribution in [2.75, 3.05) is 0 Å². The lowest BCUT2D eigenvalue weighted by Gasteiger charge is -2.12. The van der Waals surface area contributed by atoms with Crippen LogP contribution in [0.3, 0.4) is 0 Å². The van der Waals surface area contributed by atoms with Crippen LogP contribution in [0.2, 0.25) is 25.2 Å². The van der Waals surface area contributed by atoms with Gasteiger partial charge in [0.05, 0.1) is 15.7 Å². The highest BCUT2D eigenvalue weighted by Crippen LogP contribution is 2.37. The van der Waals surface area contributed by atoms with Gasteiger partial charge in [0.1, 0.15) is 17.7 Å². The molecule has 0 saturated heterocycles. The topological polar surface area (TPSA) is 43.6 Å². The maximum absolute atomic E-state index is 6.42. The Kier molecular flexibility index (Phi) is 4.71. The summed E-state index contributed by atoms with van der Waals surface area (Å²) in [6, 6.07) is 10.3. The number of benzene rings is 2. The highest BCUT2D eigenvalue weighted by molar-refractivity contribution is 6.37. The van der Waals surface area contributed by atoms with Crippen LogP contribution in [-0.4, -0.2) is 19.5 Å². The van der Waals surface area contributed by atoms with Gasteiger partial charge in [0.25, 0.3) is 0 Å². The number of hydrogen-bond acceptors (Lipinski definition) is 3. The van der Waals surface area contributed by atoms with Gasteiger partial charge in [-0.25, -0.2) is 15.0 Å². The minimum atomic E-state index is 0.227. The second kappa shape index (κ2) is 6.87. The van der Waals surface area contributed by atoms with Gasteiger partial charge in [-0.05, 0) is 36.4 Å². The van der Waals surface area contributed by atoms with Gasteiger partial charge < -0.3 is 0 Å². The molecule has 0 atom stereocenters. The van der Waals surface area contributed by atoms with E-state index in [1.54, 1.807) is 41.0 Å². The summed E-state index contributed by atoms with van der Waals surface area (Å²) >= 11 is 31.1. The zero-order valence-corrected chi connectivity index (χ0v) is 16.5. The molecule has 2 aromatic heterocycles. The molecule has 0 aliphatic heterocycles. The van der Waals surface area contributed by atoms with E-state index in [9.17, 15) is 0 Å². The summed E-state index contributed by atoms with van der Waals surface area (Å²) in [5.41, 5.74) is 2.21. The van der Waals surface area contributed by atoms with E-state index in [2.05, 4.69) is 15.0 Å². The lowest BCUT2D eigenvalue weighted by molar-refractivity contribution is 1.07. The average Bonchev–Trinajstić information content (AvgIpc) is 2.95. The Morgan fingerprint density at radius 2 is 1.46 bits per heavy atom. The number of rotatable bonds is 2. The SMILES string of the molecule is Clc1ccc(-c2nc3c(Cl)ncnc3n2-c2ccc(Cl)cc2Cl)c(Cl)c1. The van der Waals surface area contributed by atoms with E-state index in [4.69, 9.17) is 58.0 Å². The first kappa shape index (κ1) is 17.8. The van der Waals surface area contributed by atoms with Crippen LogP contribution >= 0.6 is 58.0 Å². The van der Waals surface area contributed by atoms with E-state index in [1.165, 1.54) is 6.33 Å². The molecule has 4 nitrogen and oxygen atoms in total. The smallest absolute Gasteiger partial charge is 0.169 e. The fraction of sp³-hybridized carbons (Fsp3) is 0. The Morgan fingerprint density at radius 1 is 0.769 bits per heavy atom. The van der Waals surface area contributed by atoms with E-state index >= 15 is 0 Å². The monoisotopic (exact) mass is 442 g/mol. The summed E-state index contributed by atoms with van der Waals surface area (Å²) in [6.45, 7) is 0. The van der Waals surface area contributed by atoms with Gasteiger partial charge in [-0.15, -0.1) is 0 Å². The minimum absolute atomic E-state index is 0.227. The first-order valence-electron chi connectivity index (χ1n) is 7.25. The van der Waals surface area contributed by atoms with Gasteiger partial charge in [0, 0.05) is 15.6 Å². The number of hydrogen-bond donors (Lipinski definition) is 0. The molecule has 0 bridgehead atoms. The Labute approximate surface area is 173 Å². The molecule has 0 amide bonds. The first-order chi connectivity index (χ1) is 12.5. The Morgan fingerprint density at radius 3 is 2.15 bits per heavy atom. The van der Waals surface area contributed by atoms with E-state index in [1.807, 2.05) is 0 Å². The predicted octanol–water partition coefficient (Wildman–Crippen LogP) is 6.75. The highest BCUT2D eigenvalue weighted by Gasteiger charge is 2.21. The molecule has 9 heteroatoms. The van der Waals surface area contributed by atoms with Crippen molar-refractivity contribution in [3.8, 4) is 17.1 Å². The third kappa shape index (κ3) is 3.02. The van der Waals surface area contributed by atoms with Gasteiger partial charge in [-0.1, -0.05) is 58.0 Å². The summed E-state index contributed by atoms with van der Waals surface area (Å²) in [4.78, 5) is 12.9. The van der Waals surface area contributed by atoms with Crippen LogP contribution in [0.15, 0.2) is 42.7 Å². The molecular formula is C17H7Cl5N4. The zero-order valence-electron chi connectivity index (χ0n) is 12.7. The average molecular weight is 445 g/mol. The predicted molar refractivity (Wildman–Crippen MR) is 107 cm³/mol. The normalized spacial score (nSPS) is 11.3. The Hall–Kier alpha value is -1.56. The summed E-state index contributed by atoms with van der Waals surface area (Å²) in [5, 5.41) is 2.12. The van der Waals surface area contributed by atoms with Crippen molar-refractivity contribution >= 4 is 69.2 Å². The summed E-state index contributed by atoms with van der Waals surface area (Å²) < 4.78 is 1.76. The van der Waals surface area contributed by atoms with Crippen molar-refractivity contribution in [1.82, 2.24) is 19.5 Å². The molecule has 4 rings (SSSR count). The second-order valence-corrected chi connectivity index (χ2v) is 7.37. The van der Waals surface area contributed by atoms with E-state index in [0.29, 0.717) is 48.3 Å². The molecule has 0 aliphatic rings. The molecule has 0 radical (unpaired) electrons. The van der Waals surface area contributed by atoms with E-state index < -0.39 is 0 Å². The van der Waals surface area contributed by atoms with Gasteiger partial charge >= 0.3 is 0 Å². The number of halogens is 5. The fourth-order valence-electron chi connectivity index (χ4n) is 2.61. The van der Waals surface area contributed by atoms with Gasteiger partial charge in [-0.3, -0.25) is 4.57 Å². The second-order valence-electron chi connectivity index (χ2n) is 5.33. The summed E-state index contributed by atoms with van der Waals surface area (Å²) in [7, 11) is 0. The van der Waals surface area contributed by atoms with Crippen molar-refractivity contribution in [2.24, 2.45) is 0 Å². The fourth-order valence-corrected chi connectivity index (χ4v) is 3.76. The van der Waals surface area contributed by atoms with Crippen molar-refractivity contribution in [2.45, 2.75) is 0 Å². The first-order valence-corrected chi connectivity index (χ1v) is 9.14. The van der Waals surface area contributed by atoms with Crippen LogP contribution in [0.5, 0.6) is 0 Å². The zero-order chi connectivity index (χ0) is 18.4. The molecule has 0 unspecified atom stereocenters. The molecule has 0 fully saturated rings. The Bertz CT molecular complexity index is 1160. The molecule has 2 heterocycles. The molecule has 0 aliphatic carbocycles. The van der Waals surface area contributed by atoms with Crippen molar-refractivity contribution < 1.29 is 0 Å². The number of nitrogens with zero attached hydrogens (tertiary/aromatic N) is 4. The maximum Gasteiger partial charge on any atom is 0.169 e. The van der Waals surface area contributed by atoms with Gasteiger partial charge in [0.2, 0.25) is 0 Å². The molecule has 0 N–H and O–H groups in total. The molecule has 2 aromatic carbocycles. The van der Waals surface area contributed by atoms with Crippen LogP contribution < -0.4 is 0 Å². The maximum atomic E-state index is 6.42. The van der Waals surface area contributed by atoms with E-state index in [-0.39, 0.29) is 5.15 Å². The number of fused-ring (bicyclic) bond motifs is 1. The van der Waals surface area contributed by atoms with Crippen LogP contribution in [0, 0.1) is 0 Å². The summed E-state index contributed by atoms with van der Waals surface area (Å²) in [5.74, 6) is 0.508. The highest BCUT2D eigenvalue weighted by atomic mass is 35.5.